The van der Waals surface area contributed by atoms with Crippen molar-refractivity contribution >= 4 is 45.5 Å². The van der Waals surface area contributed by atoms with Gasteiger partial charge in [-0.25, -0.2) is 19.7 Å². The van der Waals surface area contributed by atoms with Gasteiger partial charge in [0.05, 0.1) is 11.3 Å². The highest BCUT2D eigenvalue weighted by Crippen LogP contribution is 2.26. The lowest BCUT2D eigenvalue weighted by Crippen LogP contribution is -2.22. The third-order valence-corrected chi connectivity index (χ3v) is 5.22. The molecule has 0 aliphatic heterocycles. The van der Waals surface area contributed by atoms with Gasteiger partial charge in [-0.05, 0) is 24.4 Å². The Hall–Kier alpha value is -3.18. The normalized spacial score (nSPS) is 10.4. The van der Waals surface area contributed by atoms with Crippen LogP contribution in [0.2, 0.25) is 0 Å². The van der Waals surface area contributed by atoms with E-state index in [1.165, 1.54) is 6.07 Å². The van der Waals surface area contributed by atoms with Crippen molar-refractivity contribution in [2.75, 3.05) is 11.9 Å². The summed E-state index contributed by atoms with van der Waals surface area (Å²) in [4.78, 5) is 48.2. The quantitative estimate of drug-likeness (QED) is 0.599. The number of aromatic nitrogens is 3. The number of nitrogens with zero attached hydrogens (tertiary/aromatic N) is 3. The number of thiophene rings is 1. The highest BCUT2D eigenvalue weighted by Gasteiger charge is 2.20. The zero-order valence-electron chi connectivity index (χ0n) is 14.0. The van der Waals surface area contributed by atoms with E-state index >= 15 is 0 Å². The average molecular weight is 403 g/mol. The molecule has 2 amide bonds. The topological polar surface area (TPSA) is 137 Å². The lowest BCUT2D eigenvalue weighted by Gasteiger charge is -2.05. The van der Waals surface area contributed by atoms with Gasteiger partial charge in [-0.3, -0.25) is 9.59 Å². The van der Waals surface area contributed by atoms with Crippen molar-refractivity contribution in [3.63, 3.8) is 0 Å². The van der Waals surface area contributed by atoms with E-state index in [2.05, 4.69) is 20.3 Å². The number of carbonyl (C=O) groups is 3. The van der Waals surface area contributed by atoms with Crippen molar-refractivity contribution in [2.45, 2.75) is 6.92 Å². The first-order valence-corrected chi connectivity index (χ1v) is 9.24. The fourth-order valence-electron chi connectivity index (χ4n) is 2.05. The molecule has 3 N–H and O–H groups in total. The molecule has 138 valence electrons. The number of rotatable bonds is 6. The molecule has 3 rings (SSSR count). The molecule has 3 aromatic rings. The molecular weight excluding hydrogens is 390 g/mol. The second-order valence-corrected chi connectivity index (χ2v) is 7.07. The van der Waals surface area contributed by atoms with Crippen molar-refractivity contribution in [2.24, 2.45) is 5.73 Å². The lowest BCUT2D eigenvalue weighted by atomic mass is 10.3. The van der Waals surface area contributed by atoms with E-state index < -0.39 is 24.4 Å². The Labute approximate surface area is 161 Å². The summed E-state index contributed by atoms with van der Waals surface area (Å²) in [7, 11) is 0. The van der Waals surface area contributed by atoms with Crippen molar-refractivity contribution < 1.29 is 19.1 Å². The number of ether oxygens (including phenoxy) is 1. The number of hydrogen-bond acceptors (Lipinski definition) is 9. The Balaban J connectivity index is 1.62. The standard InChI is InChI=1S/C16H13N5O4S2/c1-8-11(27-15(20-8)13-18-4-2-5-19-13)16(24)25-7-10(22)21-14-9(12(17)23)3-6-26-14/h2-6H,7H2,1H3,(H2,17,23)(H,21,22). The Morgan fingerprint density at radius 3 is 2.70 bits per heavy atom. The van der Waals surface area contributed by atoms with E-state index in [9.17, 15) is 14.4 Å². The van der Waals surface area contributed by atoms with Crippen LogP contribution >= 0.6 is 22.7 Å². The van der Waals surface area contributed by atoms with Gasteiger partial charge in [0.2, 0.25) is 0 Å². The molecule has 11 heteroatoms. The number of nitrogens with one attached hydrogen (secondary N) is 1. The predicted molar refractivity (Wildman–Crippen MR) is 99.6 cm³/mol. The molecule has 0 radical (unpaired) electrons. The SMILES string of the molecule is Cc1nc(-c2ncccn2)sc1C(=O)OCC(=O)Nc1sccc1C(N)=O. The van der Waals surface area contributed by atoms with Gasteiger partial charge in [-0.1, -0.05) is 0 Å². The van der Waals surface area contributed by atoms with Gasteiger partial charge in [0.1, 0.15) is 9.88 Å². The van der Waals surface area contributed by atoms with E-state index in [1.807, 2.05) is 0 Å². The molecular formula is C16H13N5O4S2. The largest absolute Gasteiger partial charge is 0.451 e. The second-order valence-electron chi connectivity index (χ2n) is 5.16. The number of anilines is 1. The van der Waals surface area contributed by atoms with Crippen LogP contribution in [0.3, 0.4) is 0 Å². The van der Waals surface area contributed by atoms with Crippen LogP contribution in [-0.4, -0.2) is 39.3 Å². The van der Waals surface area contributed by atoms with Crippen molar-refractivity contribution in [3.05, 3.63) is 46.0 Å². The zero-order valence-corrected chi connectivity index (χ0v) is 15.6. The molecule has 3 heterocycles. The minimum Gasteiger partial charge on any atom is -0.451 e. The fraction of sp³-hybridized carbons (Fsp3) is 0.125. The summed E-state index contributed by atoms with van der Waals surface area (Å²) in [5.74, 6) is -1.51. The average Bonchev–Trinajstić information content (AvgIpc) is 3.27. The molecule has 0 spiro atoms. The number of hydrogen-bond donors (Lipinski definition) is 2. The molecule has 0 aromatic carbocycles. The highest BCUT2D eigenvalue weighted by molar-refractivity contribution is 7.17. The molecule has 0 unspecified atom stereocenters. The van der Waals surface area contributed by atoms with Crippen LogP contribution in [0.5, 0.6) is 0 Å². The Morgan fingerprint density at radius 1 is 1.26 bits per heavy atom. The summed E-state index contributed by atoms with van der Waals surface area (Å²) in [5, 5.41) is 4.90. The molecule has 0 aliphatic carbocycles. The van der Waals surface area contributed by atoms with E-state index in [0.29, 0.717) is 21.5 Å². The van der Waals surface area contributed by atoms with Crippen LogP contribution in [-0.2, 0) is 9.53 Å². The zero-order chi connectivity index (χ0) is 19.4. The van der Waals surface area contributed by atoms with Crippen LogP contribution in [0.15, 0.2) is 29.9 Å². The van der Waals surface area contributed by atoms with E-state index in [-0.39, 0.29) is 10.4 Å². The van der Waals surface area contributed by atoms with Gasteiger partial charge in [0.25, 0.3) is 11.8 Å². The van der Waals surface area contributed by atoms with Crippen molar-refractivity contribution in [1.29, 1.82) is 0 Å². The van der Waals surface area contributed by atoms with Crippen molar-refractivity contribution in [3.8, 4) is 10.8 Å². The second kappa shape index (κ2) is 8.01. The van der Waals surface area contributed by atoms with Gasteiger partial charge < -0.3 is 15.8 Å². The maximum atomic E-state index is 12.2. The minimum absolute atomic E-state index is 0.200. The van der Waals surface area contributed by atoms with Gasteiger partial charge in [-0.2, -0.15) is 0 Å². The smallest absolute Gasteiger partial charge is 0.350 e. The highest BCUT2D eigenvalue weighted by atomic mass is 32.1. The van der Waals surface area contributed by atoms with Gasteiger partial charge in [0.15, 0.2) is 17.4 Å². The molecule has 0 aliphatic rings. The maximum absolute atomic E-state index is 12.2. The van der Waals surface area contributed by atoms with Gasteiger partial charge in [0, 0.05) is 12.4 Å². The first kappa shape index (κ1) is 18.6. The van der Waals surface area contributed by atoms with Crippen LogP contribution in [0.25, 0.3) is 10.8 Å². The molecule has 0 atom stereocenters. The summed E-state index contributed by atoms with van der Waals surface area (Å²) >= 11 is 2.23. The van der Waals surface area contributed by atoms with E-state index in [4.69, 9.17) is 10.5 Å². The van der Waals surface area contributed by atoms with Crippen LogP contribution < -0.4 is 11.1 Å². The van der Waals surface area contributed by atoms with Crippen LogP contribution in [0, 0.1) is 6.92 Å². The Bertz CT molecular complexity index is 999. The summed E-state index contributed by atoms with van der Waals surface area (Å²) in [6, 6.07) is 3.18. The number of esters is 1. The molecule has 3 aromatic heterocycles. The summed E-state index contributed by atoms with van der Waals surface area (Å²) in [6.07, 6.45) is 3.15. The number of nitrogens with two attached hydrogens (primary N) is 1. The summed E-state index contributed by atoms with van der Waals surface area (Å²) < 4.78 is 5.04. The summed E-state index contributed by atoms with van der Waals surface area (Å²) in [5.41, 5.74) is 5.87. The first-order valence-electron chi connectivity index (χ1n) is 7.54. The van der Waals surface area contributed by atoms with Gasteiger partial charge in [-0.15, -0.1) is 22.7 Å². The molecule has 0 saturated heterocycles. The predicted octanol–water partition coefficient (Wildman–Crippen LogP) is 1.86. The molecule has 0 fully saturated rings. The van der Waals surface area contributed by atoms with Gasteiger partial charge >= 0.3 is 5.97 Å². The minimum atomic E-state index is -0.677. The number of amides is 2. The molecule has 0 bridgehead atoms. The molecule has 27 heavy (non-hydrogen) atoms. The van der Waals surface area contributed by atoms with E-state index in [1.54, 1.807) is 30.8 Å². The van der Waals surface area contributed by atoms with Crippen molar-refractivity contribution in [1.82, 2.24) is 15.0 Å². The lowest BCUT2D eigenvalue weighted by molar-refractivity contribution is -0.119. The third kappa shape index (κ3) is 4.33. The molecule has 9 nitrogen and oxygen atoms in total. The first-order chi connectivity index (χ1) is 13.0. The molecule has 0 saturated carbocycles. The van der Waals surface area contributed by atoms with Crippen LogP contribution in [0.4, 0.5) is 5.00 Å². The summed E-state index contributed by atoms with van der Waals surface area (Å²) in [6.45, 7) is 1.15. The van der Waals surface area contributed by atoms with E-state index in [0.717, 1.165) is 22.7 Å². The number of aryl methyl sites for hydroxylation is 1. The monoisotopic (exact) mass is 403 g/mol. The van der Waals surface area contributed by atoms with Crippen LogP contribution in [0.1, 0.15) is 25.7 Å². The number of thiazole rings is 1. The number of carbonyl (C=O) groups excluding carboxylic acids is 3. The number of primary amides is 1. The Kier molecular flexibility index (Phi) is 5.52. The fourth-order valence-corrected chi connectivity index (χ4v) is 3.77. The third-order valence-electron chi connectivity index (χ3n) is 3.26. The maximum Gasteiger partial charge on any atom is 0.350 e. The Morgan fingerprint density at radius 2 is 2.00 bits per heavy atom.